The van der Waals surface area contributed by atoms with Crippen LogP contribution in [0.3, 0.4) is 0 Å². The first-order valence-corrected chi connectivity index (χ1v) is 15.6. The van der Waals surface area contributed by atoms with Crippen molar-refractivity contribution in [2.45, 2.75) is 70.8 Å². The van der Waals surface area contributed by atoms with Crippen molar-refractivity contribution in [1.82, 2.24) is 10.3 Å². The summed E-state index contributed by atoms with van der Waals surface area (Å²) in [7, 11) is -0.749. The Hall–Kier alpha value is -2.94. The zero-order valence-corrected chi connectivity index (χ0v) is 24.0. The first-order valence-electron chi connectivity index (χ1n) is 12.7. The third-order valence-corrected chi connectivity index (χ3v) is 11.8. The highest BCUT2D eigenvalue weighted by atomic mass is 28.4. The largest absolute Gasteiger partial charge is 0.558 e. The molecule has 0 fully saturated rings. The van der Waals surface area contributed by atoms with Crippen LogP contribution in [0.15, 0.2) is 53.3 Å². The number of carbonyl (C=O) groups is 1. The molecule has 3 N–H and O–H groups in total. The van der Waals surface area contributed by atoms with Gasteiger partial charge in [0.2, 0.25) is 5.56 Å². The molecule has 0 aliphatic carbocycles. The highest BCUT2D eigenvalue weighted by molar-refractivity contribution is 6.74. The molecule has 0 bridgehead atoms. The number of rotatable bonds is 10. The summed E-state index contributed by atoms with van der Waals surface area (Å²) in [5, 5.41) is 14.8. The Balaban J connectivity index is 1.81. The second kappa shape index (κ2) is 11.6. The number of pyridine rings is 1. The number of phenolic OH excluding ortho intramolecular Hbond substituents is 1. The van der Waals surface area contributed by atoms with Gasteiger partial charge in [0.1, 0.15) is 5.75 Å². The fourth-order valence-electron chi connectivity index (χ4n) is 4.05. The summed E-state index contributed by atoms with van der Waals surface area (Å²) in [6.07, 6.45) is 0.817. The van der Waals surface area contributed by atoms with Gasteiger partial charge in [-0.1, -0.05) is 51.1 Å². The molecule has 2 atom stereocenters. The molecular weight excluding hydrogens is 484 g/mol. The zero-order valence-electron chi connectivity index (χ0n) is 23.0. The number of aromatic hydroxyl groups is 1. The van der Waals surface area contributed by atoms with Crippen LogP contribution in [0, 0.1) is 0 Å². The first-order chi connectivity index (χ1) is 17.3. The number of aromatic amines is 1. The predicted molar refractivity (Wildman–Crippen MR) is 151 cm³/mol. The van der Waals surface area contributed by atoms with Gasteiger partial charge in [0, 0.05) is 24.0 Å². The molecule has 2 aromatic carbocycles. The van der Waals surface area contributed by atoms with E-state index >= 15 is 0 Å². The smallest absolute Gasteiger partial charge is 0.309 e. The predicted octanol–water partition coefficient (Wildman–Crippen LogP) is 5.23. The monoisotopic (exact) mass is 524 g/mol. The van der Waals surface area contributed by atoms with Gasteiger partial charge in [-0.05, 0) is 50.5 Å². The van der Waals surface area contributed by atoms with Crippen LogP contribution >= 0.6 is 0 Å². The third-order valence-electron chi connectivity index (χ3n) is 7.29. The normalized spacial score (nSPS) is 13.9. The molecule has 201 valence electrons. The van der Waals surface area contributed by atoms with Crippen LogP contribution in [0.1, 0.15) is 50.5 Å². The van der Waals surface area contributed by atoms with Gasteiger partial charge in [0.05, 0.1) is 25.2 Å². The number of aromatic nitrogens is 1. The number of ether oxygens (including phenoxy) is 1. The molecule has 0 radical (unpaired) electrons. The van der Waals surface area contributed by atoms with E-state index in [-0.39, 0.29) is 40.9 Å². The Bertz CT molecular complexity index is 1280. The Kier molecular flexibility index (Phi) is 8.99. The summed E-state index contributed by atoms with van der Waals surface area (Å²) >= 11 is 0. The second-order valence-corrected chi connectivity index (χ2v) is 16.0. The van der Waals surface area contributed by atoms with Crippen LogP contribution < -0.4 is 10.9 Å². The van der Waals surface area contributed by atoms with E-state index < -0.39 is 8.32 Å². The Labute approximate surface area is 220 Å². The van der Waals surface area contributed by atoms with Gasteiger partial charge in [0.25, 0.3) is 0 Å². The van der Waals surface area contributed by atoms with E-state index in [0.717, 1.165) is 22.9 Å². The molecule has 3 rings (SSSR count). The topological polar surface area (TPSA) is 101 Å². The van der Waals surface area contributed by atoms with Gasteiger partial charge >= 0.3 is 5.97 Å². The molecular formula is C29H40N2O5Si-. The lowest BCUT2D eigenvalue weighted by Gasteiger charge is -2.51. The van der Waals surface area contributed by atoms with E-state index in [0.29, 0.717) is 12.1 Å². The number of methoxy groups -OCH3 is 1. The molecule has 0 aliphatic rings. The average Bonchev–Trinajstić information content (AvgIpc) is 2.83. The number of esters is 1. The molecule has 0 unspecified atom stereocenters. The van der Waals surface area contributed by atoms with Gasteiger partial charge < -0.3 is 24.6 Å². The molecule has 0 amide bonds. The van der Waals surface area contributed by atoms with Crippen LogP contribution in [0.5, 0.6) is 5.75 Å². The van der Waals surface area contributed by atoms with Gasteiger partial charge in [0.15, 0.2) is 0 Å². The maximum atomic E-state index is 11.9. The molecule has 0 saturated heterocycles. The van der Waals surface area contributed by atoms with E-state index in [1.807, 2.05) is 30.3 Å². The first kappa shape index (κ1) is 28.6. The van der Waals surface area contributed by atoms with Crippen LogP contribution in [0.2, 0.25) is 18.1 Å². The van der Waals surface area contributed by atoms with Crippen LogP contribution in [-0.4, -0.2) is 44.1 Å². The lowest BCUT2D eigenvalue weighted by molar-refractivity contribution is -0.139. The van der Waals surface area contributed by atoms with Gasteiger partial charge in [-0.2, -0.15) is 0 Å². The fourth-order valence-corrected chi connectivity index (χ4v) is 5.33. The second-order valence-electron chi connectivity index (χ2n) is 11.2. The molecule has 7 nitrogen and oxygen atoms in total. The van der Waals surface area contributed by atoms with Gasteiger partial charge in [-0.15, -0.1) is 18.1 Å². The lowest BCUT2D eigenvalue weighted by atomic mass is 10.0. The van der Waals surface area contributed by atoms with Gasteiger partial charge in [-0.3, -0.25) is 9.59 Å². The molecule has 37 heavy (non-hydrogen) atoms. The molecule has 0 spiro atoms. The van der Waals surface area contributed by atoms with Crippen molar-refractivity contribution < 1.29 is 19.1 Å². The SMILES string of the molecule is COC(=O)Cc1ccc(C[C@@H](C)NC[C@H](O[Si-](C)(C)C(C)(C)C)c2ccc(O)c3[nH]c(=O)ccc23)cc1. The van der Waals surface area contributed by atoms with Gasteiger partial charge in [-0.25, -0.2) is 0 Å². The van der Waals surface area contributed by atoms with Crippen LogP contribution in [0.25, 0.3) is 10.9 Å². The highest BCUT2D eigenvalue weighted by Gasteiger charge is 2.29. The molecule has 3 aromatic rings. The van der Waals surface area contributed by atoms with E-state index in [1.54, 1.807) is 12.1 Å². The number of nitrogens with one attached hydrogen (secondary N) is 2. The number of hydrogen-bond acceptors (Lipinski definition) is 6. The van der Waals surface area contributed by atoms with E-state index in [4.69, 9.17) is 9.16 Å². The molecule has 0 saturated carbocycles. The molecule has 8 heteroatoms. The number of fused-ring (bicyclic) bond motifs is 1. The number of carbonyl (C=O) groups excluding carboxylic acids is 1. The minimum atomic E-state index is -2.14. The Morgan fingerprint density at radius 1 is 1.05 bits per heavy atom. The summed E-state index contributed by atoms with van der Waals surface area (Å²) in [6, 6.07) is 14.9. The summed E-state index contributed by atoms with van der Waals surface area (Å²) in [5.74, 6) is -0.208. The summed E-state index contributed by atoms with van der Waals surface area (Å²) in [6.45, 7) is 13.8. The van der Waals surface area contributed by atoms with E-state index in [1.165, 1.54) is 18.7 Å². The minimum absolute atomic E-state index is 0.0177. The number of hydrogen-bond donors (Lipinski definition) is 3. The molecule has 1 aromatic heterocycles. The number of phenols is 1. The standard InChI is InChI=1S/C29H40N2O5Si/c1-19(16-20-8-10-21(11-9-20)17-27(34)35-5)30-18-25(36-37(6,7)29(2,3)4)22-12-14-24(32)28-23(22)13-15-26(33)31-28/h8-15,19,25,30,32H,16-18H2,1-7H3,(H,31,33)/q-1/t19-,25+/m1/s1. The molecule has 0 aliphatic heterocycles. The van der Waals surface area contributed by atoms with Crippen molar-refractivity contribution in [3.8, 4) is 5.75 Å². The number of H-pyrrole nitrogens is 1. The summed E-state index contributed by atoms with van der Waals surface area (Å²) < 4.78 is 11.6. The number of benzene rings is 2. The van der Waals surface area contributed by atoms with Crippen molar-refractivity contribution in [2.24, 2.45) is 0 Å². The van der Waals surface area contributed by atoms with Crippen LogP contribution in [0.4, 0.5) is 0 Å². The fraction of sp³-hybridized carbons (Fsp3) is 0.448. The molecule has 1 heterocycles. The highest BCUT2D eigenvalue weighted by Crippen LogP contribution is 2.41. The van der Waals surface area contributed by atoms with Crippen molar-refractivity contribution >= 4 is 25.2 Å². The summed E-state index contributed by atoms with van der Waals surface area (Å²) in [4.78, 5) is 26.2. The van der Waals surface area contributed by atoms with Crippen molar-refractivity contribution in [2.75, 3.05) is 13.7 Å². The van der Waals surface area contributed by atoms with Crippen LogP contribution in [-0.2, 0) is 26.8 Å². The Morgan fingerprint density at radius 3 is 2.32 bits per heavy atom. The maximum Gasteiger partial charge on any atom is 0.309 e. The quantitative estimate of drug-likeness (QED) is 0.248. The van der Waals surface area contributed by atoms with Crippen molar-refractivity contribution in [3.63, 3.8) is 0 Å². The van der Waals surface area contributed by atoms with E-state index in [9.17, 15) is 14.7 Å². The Morgan fingerprint density at radius 2 is 1.70 bits per heavy atom. The lowest BCUT2D eigenvalue weighted by Crippen LogP contribution is -2.44. The maximum absolute atomic E-state index is 11.9. The third kappa shape index (κ3) is 7.31. The summed E-state index contributed by atoms with van der Waals surface area (Å²) in [5.41, 5.74) is 3.19. The minimum Gasteiger partial charge on any atom is -0.558 e. The van der Waals surface area contributed by atoms with Crippen molar-refractivity contribution in [3.05, 3.63) is 75.6 Å². The zero-order chi connectivity index (χ0) is 27.4. The van der Waals surface area contributed by atoms with Crippen molar-refractivity contribution in [1.29, 1.82) is 0 Å². The van der Waals surface area contributed by atoms with E-state index in [2.05, 4.69) is 51.1 Å². The average molecular weight is 525 g/mol.